The molecule has 0 rings (SSSR count). The highest BCUT2D eigenvalue weighted by Gasteiger charge is 2.39. The third-order valence-electron chi connectivity index (χ3n) is 3.98. The van der Waals surface area contributed by atoms with Gasteiger partial charge < -0.3 is 9.47 Å². The summed E-state index contributed by atoms with van der Waals surface area (Å²) in [5.41, 5.74) is -0.489. The van der Waals surface area contributed by atoms with E-state index in [9.17, 15) is 0 Å². The quantitative estimate of drug-likeness (QED) is 0.274. The van der Waals surface area contributed by atoms with Gasteiger partial charge in [-0.25, -0.2) is 0 Å². The lowest BCUT2D eigenvalue weighted by Crippen LogP contribution is -2.57. The van der Waals surface area contributed by atoms with Crippen molar-refractivity contribution >= 4 is 0 Å². The highest BCUT2D eigenvalue weighted by Crippen LogP contribution is 2.30. The molecule has 0 aliphatic heterocycles. The maximum atomic E-state index is 6.46. The molecule has 3 heteroatoms. The van der Waals surface area contributed by atoms with Crippen molar-refractivity contribution < 1.29 is 9.47 Å². The van der Waals surface area contributed by atoms with Crippen LogP contribution in [0.3, 0.4) is 0 Å². The van der Waals surface area contributed by atoms with E-state index in [0.29, 0.717) is 0 Å². The molecule has 0 saturated carbocycles. The molecule has 0 radical (unpaired) electrons. The SMILES string of the molecule is CCCCCCCCCC(NCCCC)(OC(C)(C)C)OC(C)(C)C. The van der Waals surface area contributed by atoms with Crippen molar-refractivity contribution in [2.75, 3.05) is 6.54 Å². The average Bonchev–Trinajstić information content (AvgIpc) is 2.43. The number of unbranched alkanes of at least 4 members (excludes halogenated alkanes) is 7. The standard InChI is InChI=1S/C22H47NO2/c1-9-11-13-14-15-16-17-18-22(23-19-12-10-2,24-20(3,4)5)25-21(6,7)8/h23H,9-19H2,1-8H3. The zero-order chi connectivity index (χ0) is 19.4. The predicted molar refractivity (Wildman–Crippen MR) is 110 cm³/mol. The summed E-state index contributed by atoms with van der Waals surface area (Å²) in [5.74, 6) is -0.685. The summed E-state index contributed by atoms with van der Waals surface area (Å²) in [5, 5.41) is 3.61. The smallest absolute Gasteiger partial charge is 0.228 e. The van der Waals surface area contributed by atoms with Gasteiger partial charge in [0, 0.05) is 13.0 Å². The first-order valence-corrected chi connectivity index (χ1v) is 10.7. The first kappa shape index (κ1) is 24.9. The summed E-state index contributed by atoms with van der Waals surface area (Å²) < 4.78 is 12.9. The lowest BCUT2D eigenvalue weighted by atomic mass is 10.1. The van der Waals surface area contributed by atoms with E-state index in [2.05, 4.69) is 60.7 Å². The first-order valence-electron chi connectivity index (χ1n) is 10.7. The molecule has 25 heavy (non-hydrogen) atoms. The molecule has 0 heterocycles. The zero-order valence-corrected chi connectivity index (χ0v) is 18.6. The normalized spacial score (nSPS) is 13.4. The van der Waals surface area contributed by atoms with Gasteiger partial charge in [-0.3, -0.25) is 5.32 Å². The van der Waals surface area contributed by atoms with Crippen LogP contribution in [0.2, 0.25) is 0 Å². The Balaban J connectivity index is 4.79. The van der Waals surface area contributed by atoms with Gasteiger partial charge in [-0.05, 0) is 54.4 Å². The van der Waals surface area contributed by atoms with Crippen LogP contribution in [0.15, 0.2) is 0 Å². The fourth-order valence-corrected chi connectivity index (χ4v) is 3.04. The molecule has 0 atom stereocenters. The number of nitrogens with one attached hydrogen (secondary N) is 1. The summed E-state index contributed by atoms with van der Waals surface area (Å²) in [6.07, 6.45) is 12.3. The maximum absolute atomic E-state index is 6.46. The van der Waals surface area contributed by atoms with Crippen molar-refractivity contribution in [3.8, 4) is 0 Å². The summed E-state index contributed by atoms with van der Waals surface area (Å²) in [4.78, 5) is 0. The second-order valence-electron chi connectivity index (χ2n) is 9.33. The minimum atomic E-state index is -0.685. The molecule has 0 fully saturated rings. The van der Waals surface area contributed by atoms with E-state index >= 15 is 0 Å². The monoisotopic (exact) mass is 357 g/mol. The van der Waals surface area contributed by atoms with Crippen LogP contribution in [-0.4, -0.2) is 23.7 Å². The van der Waals surface area contributed by atoms with E-state index in [-0.39, 0.29) is 11.2 Å². The molecule has 3 nitrogen and oxygen atoms in total. The summed E-state index contributed by atoms with van der Waals surface area (Å²) in [6, 6.07) is 0. The van der Waals surface area contributed by atoms with E-state index in [1.54, 1.807) is 0 Å². The Hall–Kier alpha value is -0.120. The minimum Gasteiger partial charge on any atom is -0.332 e. The van der Waals surface area contributed by atoms with Gasteiger partial charge in [0.15, 0.2) is 0 Å². The number of hydrogen-bond donors (Lipinski definition) is 1. The van der Waals surface area contributed by atoms with Crippen molar-refractivity contribution in [3.05, 3.63) is 0 Å². The molecular weight excluding hydrogens is 310 g/mol. The molecular formula is C22H47NO2. The molecule has 0 aromatic carbocycles. The zero-order valence-electron chi connectivity index (χ0n) is 18.6. The van der Waals surface area contributed by atoms with E-state index in [4.69, 9.17) is 9.47 Å². The third kappa shape index (κ3) is 14.7. The van der Waals surface area contributed by atoms with Gasteiger partial charge in [-0.2, -0.15) is 0 Å². The van der Waals surface area contributed by atoms with E-state index < -0.39 is 5.91 Å². The van der Waals surface area contributed by atoms with Crippen molar-refractivity contribution in [1.82, 2.24) is 5.32 Å². The highest BCUT2D eigenvalue weighted by molar-refractivity contribution is 4.77. The van der Waals surface area contributed by atoms with Gasteiger partial charge in [0.1, 0.15) is 0 Å². The van der Waals surface area contributed by atoms with Crippen molar-refractivity contribution in [1.29, 1.82) is 0 Å². The Bertz CT molecular complexity index is 299. The van der Waals surface area contributed by atoms with Crippen LogP contribution in [0, 0.1) is 0 Å². The van der Waals surface area contributed by atoms with Gasteiger partial charge in [-0.15, -0.1) is 0 Å². The van der Waals surface area contributed by atoms with Gasteiger partial charge in [0.05, 0.1) is 11.2 Å². The van der Waals surface area contributed by atoms with E-state index in [0.717, 1.165) is 25.8 Å². The van der Waals surface area contributed by atoms with E-state index in [1.165, 1.54) is 44.9 Å². The van der Waals surface area contributed by atoms with Crippen LogP contribution < -0.4 is 5.32 Å². The lowest BCUT2D eigenvalue weighted by molar-refractivity contribution is -0.329. The van der Waals surface area contributed by atoms with Crippen LogP contribution in [-0.2, 0) is 9.47 Å². The van der Waals surface area contributed by atoms with E-state index in [1.807, 2.05) is 0 Å². The molecule has 0 saturated heterocycles. The molecule has 0 unspecified atom stereocenters. The minimum absolute atomic E-state index is 0.244. The van der Waals surface area contributed by atoms with Crippen molar-refractivity contribution in [2.45, 2.75) is 137 Å². The Morgan fingerprint density at radius 1 is 0.600 bits per heavy atom. The number of rotatable bonds is 14. The summed E-state index contributed by atoms with van der Waals surface area (Å²) in [6.45, 7) is 18.1. The van der Waals surface area contributed by atoms with Crippen molar-refractivity contribution in [3.63, 3.8) is 0 Å². The third-order valence-corrected chi connectivity index (χ3v) is 3.98. The van der Waals surface area contributed by atoms with Crippen LogP contribution >= 0.6 is 0 Å². The van der Waals surface area contributed by atoms with Gasteiger partial charge in [0.2, 0.25) is 5.91 Å². The molecule has 0 aliphatic carbocycles. The fraction of sp³-hybridized carbons (Fsp3) is 1.00. The lowest BCUT2D eigenvalue weighted by Gasteiger charge is -2.43. The molecule has 0 aromatic rings. The number of ether oxygens (including phenoxy) is 2. The largest absolute Gasteiger partial charge is 0.332 e. The topological polar surface area (TPSA) is 30.5 Å². The van der Waals surface area contributed by atoms with Gasteiger partial charge in [-0.1, -0.05) is 58.8 Å². The Morgan fingerprint density at radius 3 is 1.48 bits per heavy atom. The van der Waals surface area contributed by atoms with Crippen molar-refractivity contribution in [2.24, 2.45) is 0 Å². The Labute approximate surface area is 158 Å². The van der Waals surface area contributed by atoms with Crippen LogP contribution in [0.25, 0.3) is 0 Å². The summed E-state index contributed by atoms with van der Waals surface area (Å²) >= 11 is 0. The maximum Gasteiger partial charge on any atom is 0.228 e. The molecule has 1 N–H and O–H groups in total. The first-order chi connectivity index (χ1) is 11.5. The predicted octanol–water partition coefficient (Wildman–Crippen LogP) is 6.80. The molecule has 152 valence electrons. The second-order valence-corrected chi connectivity index (χ2v) is 9.33. The van der Waals surface area contributed by atoms with Crippen LogP contribution in [0.4, 0.5) is 0 Å². The Morgan fingerprint density at radius 2 is 1.04 bits per heavy atom. The molecule has 0 aliphatic rings. The molecule has 0 bridgehead atoms. The van der Waals surface area contributed by atoms with Gasteiger partial charge >= 0.3 is 0 Å². The van der Waals surface area contributed by atoms with Crippen LogP contribution in [0.1, 0.15) is 120 Å². The van der Waals surface area contributed by atoms with Gasteiger partial charge in [0.25, 0.3) is 0 Å². The summed E-state index contributed by atoms with van der Waals surface area (Å²) in [7, 11) is 0. The Kier molecular flexibility index (Phi) is 12.2. The molecule has 0 aromatic heterocycles. The second kappa shape index (κ2) is 12.3. The fourth-order valence-electron chi connectivity index (χ4n) is 3.04. The van der Waals surface area contributed by atoms with Crippen LogP contribution in [0.5, 0.6) is 0 Å². The highest BCUT2D eigenvalue weighted by atomic mass is 16.7. The molecule has 0 amide bonds. The average molecular weight is 358 g/mol. The number of hydrogen-bond acceptors (Lipinski definition) is 3. The molecule has 0 spiro atoms.